The van der Waals surface area contributed by atoms with Gasteiger partial charge in [-0.05, 0) is 44.8 Å². The summed E-state index contributed by atoms with van der Waals surface area (Å²) in [5.41, 5.74) is 1.75. The summed E-state index contributed by atoms with van der Waals surface area (Å²) in [6.07, 6.45) is 0. The topological polar surface area (TPSA) is 44.4 Å². The molecule has 0 unspecified atom stereocenters. The molecule has 0 bridgehead atoms. The van der Waals surface area contributed by atoms with E-state index in [1.807, 2.05) is 38.2 Å². The van der Waals surface area contributed by atoms with Gasteiger partial charge in [0.2, 0.25) is 0 Å². The molecule has 0 fully saturated rings. The lowest BCUT2D eigenvalue weighted by Crippen LogP contribution is -2.32. The van der Waals surface area contributed by atoms with Gasteiger partial charge in [-0.25, -0.2) is 0 Å². The Kier molecular flexibility index (Phi) is 6.22. The number of nitrogens with one attached hydrogen (secondary N) is 2. The molecule has 0 aliphatic heterocycles. The van der Waals surface area contributed by atoms with Crippen molar-refractivity contribution in [3.63, 3.8) is 0 Å². The first-order valence-electron chi connectivity index (χ1n) is 6.48. The van der Waals surface area contributed by atoms with Crippen molar-refractivity contribution < 1.29 is 4.79 Å². The van der Waals surface area contributed by atoms with Crippen LogP contribution in [0.4, 0.5) is 5.69 Å². The minimum Gasteiger partial charge on any atom is -0.385 e. The molecule has 4 heteroatoms. The maximum atomic E-state index is 11.8. The van der Waals surface area contributed by atoms with E-state index < -0.39 is 0 Å². The van der Waals surface area contributed by atoms with Gasteiger partial charge in [0.25, 0.3) is 5.91 Å². The van der Waals surface area contributed by atoms with Crippen molar-refractivity contribution >= 4 is 11.6 Å². The lowest BCUT2D eigenvalue weighted by atomic mass is 10.2. The molecule has 1 aromatic rings. The number of carbonyl (C=O) groups is 1. The van der Waals surface area contributed by atoms with Crippen LogP contribution in [0, 0.1) is 0 Å². The van der Waals surface area contributed by atoms with Crippen molar-refractivity contribution in [1.29, 1.82) is 0 Å². The summed E-state index contributed by atoms with van der Waals surface area (Å²) in [5.74, 6) is -0.0115. The molecule has 0 aliphatic carbocycles. The zero-order valence-electron chi connectivity index (χ0n) is 11.5. The van der Waals surface area contributed by atoms with Crippen LogP contribution in [0.1, 0.15) is 24.2 Å². The Balaban J connectivity index is 2.41. The van der Waals surface area contributed by atoms with Crippen molar-refractivity contribution in [3.8, 4) is 0 Å². The van der Waals surface area contributed by atoms with E-state index in [2.05, 4.69) is 22.5 Å². The Bertz CT molecular complexity index is 362. The third-order valence-corrected chi connectivity index (χ3v) is 2.85. The predicted molar refractivity (Wildman–Crippen MR) is 76.1 cm³/mol. The second-order valence-corrected chi connectivity index (χ2v) is 4.26. The Morgan fingerprint density at radius 3 is 2.44 bits per heavy atom. The average Bonchev–Trinajstić information content (AvgIpc) is 2.39. The van der Waals surface area contributed by atoms with Crippen molar-refractivity contribution in [2.45, 2.75) is 13.8 Å². The zero-order chi connectivity index (χ0) is 13.4. The molecule has 4 nitrogen and oxygen atoms in total. The van der Waals surface area contributed by atoms with Gasteiger partial charge in [-0.15, -0.1) is 0 Å². The molecule has 1 amide bonds. The van der Waals surface area contributed by atoms with Crippen LogP contribution in [0.2, 0.25) is 0 Å². The standard InChI is InChI=1S/C14H23N3O/c1-4-15-13-8-6-12(7-9-13)14(18)16-10-11-17(3)5-2/h6-9,15H,4-5,10-11H2,1-3H3,(H,16,18). The van der Waals surface area contributed by atoms with Crippen LogP contribution in [-0.4, -0.2) is 44.0 Å². The van der Waals surface area contributed by atoms with Gasteiger partial charge >= 0.3 is 0 Å². The number of nitrogens with zero attached hydrogens (tertiary/aromatic N) is 1. The number of anilines is 1. The lowest BCUT2D eigenvalue weighted by Gasteiger charge is -2.14. The first-order valence-corrected chi connectivity index (χ1v) is 6.48. The fourth-order valence-corrected chi connectivity index (χ4v) is 1.56. The van der Waals surface area contributed by atoms with Gasteiger partial charge in [0, 0.05) is 30.9 Å². The molecule has 1 aromatic carbocycles. The fraction of sp³-hybridized carbons (Fsp3) is 0.500. The van der Waals surface area contributed by atoms with E-state index in [-0.39, 0.29) is 5.91 Å². The second-order valence-electron chi connectivity index (χ2n) is 4.26. The van der Waals surface area contributed by atoms with Gasteiger partial charge in [-0.1, -0.05) is 6.92 Å². The lowest BCUT2D eigenvalue weighted by molar-refractivity contribution is 0.0950. The number of benzene rings is 1. The number of hydrogen-bond acceptors (Lipinski definition) is 3. The Morgan fingerprint density at radius 1 is 1.22 bits per heavy atom. The normalized spacial score (nSPS) is 10.4. The molecule has 0 saturated heterocycles. The molecule has 0 spiro atoms. The second kappa shape index (κ2) is 7.71. The van der Waals surface area contributed by atoms with E-state index in [4.69, 9.17) is 0 Å². The highest BCUT2D eigenvalue weighted by molar-refractivity contribution is 5.94. The van der Waals surface area contributed by atoms with Gasteiger partial charge in [0.05, 0.1) is 0 Å². The molecule has 2 N–H and O–H groups in total. The molecule has 0 saturated carbocycles. The summed E-state index contributed by atoms with van der Waals surface area (Å²) in [5, 5.41) is 6.12. The fourth-order valence-electron chi connectivity index (χ4n) is 1.56. The van der Waals surface area contributed by atoms with Gasteiger partial charge in [-0.2, -0.15) is 0 Å². The van der Waals surface area contributed by atoms with E-state index in [9.17, 15) is 4.79 Å². The molecular weight excluding hydrogens is 226 g/mol. The third-order valence-electron chi connectivity index (χ3n) is 2.85. The molecule has 100 valence electrons. The Hall–Kier alpha value is -1.55. The van der Waals surface area contributed by atoms with Gasteiger partial charge in [0.15, 0.2) is 0 Å². The molecule has 0 radical (unpaired) electrons. The summed E-state index contributed by atoms with van der Waals surface area (Å²) >= 11 is 0. The van der Waals surface area contributed by atoms with Crippen molar-refractivity contribution in [2.75, 3.05) is 38.5 Å². The quantitative estimate of drug-likeness (QED) is 0.774. The number of carbonyl (C=O) groups excluding carboxylic acids is 1. The Morgan fingerprint density at radius 2 is 1.89 bits per heavy atom. The van der Waals surface area contributed by atoms with Crippen LogP contribution in [0.3, 0.4) is 0 Å². The molecule has 0 atom stereocenters. The molecule has 0 heterocycles. The van der Waals surface area contributed by atoms with Crippen LogP contribution >= 0.6 is 0 Å². The number of rotatable bonds is 7. The van der Waals surface area contributed by atoms with E-state index in [0.717, 1.165) is 25.3 Å². The minimum absolute atomic E-state index is 0.0115. The highest BCUT2D eigenvalue weighted by Crippen LogP contribution is 2.08. The van der Waals surface area contributed by atoms with Gasteiger partial charge < -0.3 is 15.5 Å². The first kappa shape index (κ1) is 14.5. The summed E-state index contributed by atoms with van der Waals surface area (Å²) in [6.45, 7) is 7.57. The maximum absolute atomic E-state index is 11.8. The van der Waals surface area contributed by atoms with Gasteiger partial charge in [0.1, 0.15) is 0 Å². The van der Waals surface area contributed by atoms with Crippen molar-refractivity contribution in [3.05, 3.63) is 29.8 Å². The molecule has 0 aromatic heterocycles. The summed E-state index contributed by atoms with van der Waals surface area (Å²) in [7, 11) is 2.04. The van der Waals surface area contributed by atoms with E-state index >= 15 is 0 Å². The SMILES string of the molecule is CCNc1ccc(C(=O)NCCN(C)CC)cc1. The maximum Gasteiger partial charge on any atom is 0.251 e. The summed E-state index contributed by atoms with van der Waals surface area (Å²) in [6, 6.07) is 7.54. The van der Waals surface area contributed by atoms with E-state index in [1.54, 1.807) is 0 Å². The molecule has 0 aliphatic rings. The third kappa shape index (κ3) is 4.75. The number of hydrogen-bond donors (Lipinski definition) is 2. The van der Waals surface area contributed by atoms with Crippen molar-refractivity contribution in [1.82, 2.24) is 10.2 Å². The average molecular weight is 249 g/mol. The van der Waals surface area contributed by atoms with Crippen LogP contribution < -0.4 is 10.6 Å². The molecule has 1 rings (SSSR count). The monoisotopic (exact) mass is 249 g/mol. The van der Waals surface area contributed by atoms with Gasteiger partial charge in [-0.3, -0.25) is 4.79 Å². The van der Waals surface area contributed by atoms with Crippen LogP contribution in [-0.2, 0) is 0 Å². The van der Waals surface area contributed by atoms with Crippen LogP contribution in [0.5, 0.6) is 0 Å². The minimum atomic E-state index is -0.0115. The van der Waals surface area contributed by atoms with Crippen molar-refractivity contribution in [2.24, 2.45) is 0 Å². The molecular formula is C14H23N3O. The summed E-state index contributed by atoms with van der Waals surface area (Å²) in [4.78, 5) is 14.0. The highest BCUT2D eigenvalue weighted by atomic mass is 16.1. The van der Waals surface area contributed by atoms with E-state index in [1.165, 1.54) is 0 Å². The van der Waals surface area contributed by atoms with Crippen LogP contribution in [0.25, 0.3) is 0 Å². The largest absolute Gasteiger partial charge is 0.385 e. The first-order chi connectivity index (χ1) is 8.67. The highest BCUT2D eigenvalue weighted by Gasteiger charge is 2.04. The molecule has 18 heavy (non-hydrogen) atoms. The number of likely N-dealkylation sites (N-methyl/N-ethyl adjacent to an activating group) is 1. The zero-order valence-corrected chi connectivity index (χ0v) is 11.5. The summed E-state index contributed by atoms with van der Waals surface area (Å²) < 4.78 is 0. The Labute approximate surface area is 109 Å². The van der Waals surface area contributed by atoms with E-state index in [0.29, 0.717) is 12.1 Å². The smallest absolute Gasteiger partial charge is 0.251 e. The predicted octanol–water partition coefficient (Wildman–Crippen LogP) is 1.80. The number of amides is 1. The van der Waals surface area contributed by atoms with Crippen LogP contribution in [0.15, 0.2) is 24.3 Å².